The number of hydrogen-bond donors (Lipinski definition) is 2. The van der Waals surface area contributed by atoms with Crippen molar-refractivity contribution in [3.63, 3.8) is 0 Å². The Morgan fingerprint density at radius 3 is 2.61 bits per heavy atom. The highest BCUT2D eigenvalue weighted by molar-refractivity contribution is 5.92. The average Bonchev–Trinajstić information content (AvgIpc) is 3.11. The molecule has 1 aromatic heterocycles. The van der Waals surface area contributed by atoms with Crippen LogP contribution in [0.1, 0.15) is 43.2 Å². The molecule has 4 rings (SSSR count). The van der Waals surface area contributed by atoms with Crippen molar-refractivity contribution in [1.29, 1.82) is 0 Å². The Hall–Kier alpha value is -3.29. The van der Waals surface area contributed by atoms with Gasteiger partial charge in [0.15, 0.2) is 5.58 Å². The SMILES string of the molecule is O=C(CCC1CC=C(c2ccc(C(F)(F)F)cc2)CC1)Nc1ccc2[nH]c(=O)oc2c1. The molecular formula is C23H21F3N2O3. The molecule has 0 spiro atoms. The number of halogens is 3. The third-order valence-corrected chi connectivity index (χ3v) is 5.59. The van der Waals surface area contributed by atoms with E-state index in [1.54, 1.807) is 18.2 Å². The maximum absolute atomic E-state index is 12.7. The molecule has 0 saturated carbocycles. The van der Waals surface area contributed by atoms with Crippen molar-refractivity contribution in [2.45, 2.75) is 38.3 Å². The number of benzene rings is 2. The summed E-state index contributed by atoms with van der Waals surface area (Å²) in [5, 5.41) is 2.81. The van der Waals surface area contributed by atoms with E-state index in [1.165, 1.54) is 12.1 Å². The lowest BCUT2D eigenvalue weighted by atomic mass is 9.84. The Bertz CT molecular complexity index is 1170. The maximum Gasteiger partial charge on any atom is 0.417 e. The van der Waals surface area contributed by atoms with E-state index < -0.39 is 17.5 Å². The van der Waals surface area contributed by atoms with E-state index in [2.05, 4.69) is 16.4 Å². The summed E-state index contributed by atoms with van der Waals surface area (Å²) in [4.78, 5) is 26.0. The second kappa shape index (κ2) is 8.45. The van der Waals surface area contributed by atoms with E-state index in [9.17, 15) is 22.8 Å². The molecule has 5 nitrogen and oxygen atoms in total. The van der Waals surface area contributed by atoms with Crippen LogP contribution in [0.2, 0.25) is 0 Å². The van der Waals surface area contributed by atoms with Gasteiger partial charge >= 0.3 is 11.9 Å². The molecule has 2 N–H and O–H groups in total. The summed E-state index contributed by atoms with van der Waals surface area (Å²) in [7, 11) is 0. The van der Waals surface area contributed by atoms with Crippen molar-refractivity contribution < 1.29 is 22.4 Å². The van der Waals surface area contributed by atoms with Crippen LogP contribution in [0.15, 0.2) is 57.8 Å². The second-order valence-corrected chi connectivity index (χ2v) is 7.76. The van der Waals surface area contributed by atoms with Gasteiger partial charge in [-0.2, -0.15) is 13.2 Å². The van der Waals surface area contributed by atoms with Crippen LogP contribution in [0.25, 0.3) is 16.7 Å². The van der Waals surface area contributed by atoms with Crippen molar-refractivity contribution in [1.82, 2.24) is 4.98 Å². The lowest BCUT2D eigenvalue weighted by Crippen LogP contribution is -2.14. The first-order valence-corrected chi connectivity index (χ1v) is 10.1. The van der Waals surface area contributed by atoms with E-state index in [-0.39, 0.29) is 5.91 Å². The van der Waals surface area contributed by atoms with Gasteiger partial charge in [-0.1, -0.05) is 18.2 Å². The van der Waals surface area contributed by atoms with Crippen LogP contribution < -0.4 is 11.1 Å². The molecule has 0 aliphatic heterocycles. The Balaban J connectivity index is 1.28. The molecule has 0 fully saturated rings. The first-order chi connectivity index (χ1) is 14.8. The normalized spacial score (nSPS) is 16.9. The fourth-order valence-corrected chi connectivity index (χ4v) is 3.87. The molecule has 0 saturated heterocycles. The fourth-order valence-electron chi connectivity index (χ4n) is 3.87. The quantitative estimate of drug-likeness (QED) is 0.542. The number of allylic oxidation sites excluding steroid dienone is 2. The summed E-state index contributed by atoms with van der Waals surface area (Å²) in [6.07, 6.45) is 1.29. The first kappa shape index (κ1) is 21.0. The number of fused-ring (bicyclic) bond motifs is 1. The number of aromatic nitrogens is 1. The third kappa shape index (κ3) is 5.07. The van der Waals surface area contributed by atoms with Gasteiger partial charge in [0.05, 0.1) is 11.1 Å². The molecule has 1 atom stereocenters. The lowest BCUT2D eigenvalue weighted by molar-refractivity contribution is -0.137. The number of anilines is 1. The van der Waals surface area contributed by atoms with Crippen LogP contribution in [-0.4, -0.2) is 10.9 Å². The fraction of sp³-hybridized carbons (Fsp3) is 0.304. The number of hydrogen-bond acceptors (Lipinski definition) is 3. The van der Waals surface area contributed by atoms with Crippen molar-refractivity contribution in [2.75, 3.05) is 5.32 Å². The minimum Gasteiger partial charge on any atom is -0.408 e. The van der Waals surface area contributed by atoms with E-state index in [1.807, 2.05) is 0 Å². The first-order valence-electron chi connectivity index (χ1n) is 10.1. The van der Waals surface area contributed by atoms with Crippen molar-refractivity contribution in [2.24, 2.45) is 5.92 Å². The van der Waals surface area contributed by atoms with Gasteiger partial charge in [-0.25, -0.2) is 4.79 Å². The lowest BCUT2D eigenvalue weighted by Gasteiger charge is -2.22. The summed E-state index contributed by atoms with van der Waals surface area (Å²) >= 11 is 0. The Morgan fingerprint density at radius 1 is 1.16 bits per heavy atom. The van der Waals surface area contributed by atoms with Gasteiger partial charge < -0.3 is 9.73 Å². The third-order valence-electron chi connectivity index (χ3n) is 5.59. The molecule has 1 aliphatic carbocycles. The summed E-state index contributed by atoms with van der Waals surface area (Å²) in [5.41, 5.74) is 2.74. The molecule has 2 aromatic carbocycles. The zero-order chi connectivity index (χ0) is 22.0. The van der Waals surface area contributed by atoms with Crippen molar-refractivity contribution >= 4 is 28.3 Å². The standard InChI is InChI=1S/C23H21F3N2O3/c24-23(25,26)17-8-6-16(7-9-17)15-4-1-14(2-5-15)3-12-21(29)27-18-10-11-19-20(13-18)31-22(30)28-19/h4,6-11,13-14H,1-3,5,12H2,(H,27,29)(H,28,30). The van der Waals surface area contributed by atoms with Crippen LogP contribution in [-0.2, 0) is 11.0 Å². The van der Waals surface area contributed by atoms with Gasteiger partial charge in [0.1, 0.15) is 0 Å². The van der Waals surface area contributed by atoms with E-state index in [0.29, 0.717) is 29.1 Å². The zero-order valence-corrected chi connectivity index (χ0v) is 16.6. The van der Waals surface area contributed by atoms with Gasteiger partial charge in [0.2, 0.25) is 5.91 Å². The predicted molar refractivity (Wildman–Crippen MR) is 111 cm³/mol. The smallest absolute Gasteiger partial charge is 0.408 e. The monoisotopic (exact) mass is 430 g/mol. The Morgan fingerprint density at radius 2 is 1.94 bits per heavy atom. The minimum absolute atomic E-state index is 0.116. The van der Waals surface area contributed by atoms with Crippen LogP contribution in [0.5, 0.6) is 0 Å². The molecule has 8 heteroatoms. The highest BCUT2D eigenvalue weighted by Crippen LogP contribution is 2.34. The molecule has 0 bridgehead atoms. The molecule has 1 heterocycles. The predicted octanol–water partition coefficient (Wildman–Crippen LogP) is 5.74. The molecule has 31 heavy (non-hydrogen) atoms. The summed E-state index contributed by atoms with van der Waals surface area (Å²) < 4.78 is 43.1. The highest BCUT2D eigenvalue weighted by Gasteiger charge is 2.30. The maximum atomic E-state index is 12.7. The van der Waals surface area contributed by atoms with Crippen LogP contribution in [0, 0.1) is 5.92 Å². The number of oxazole rings is 1. The van der Waals surface area contributed by atoms with Crippen LogP contribution >= 0.6 is 0 Å². The van der Waals surface area contributed by atoms with Crippen LogP contribution in [0.3, 0.4) is 0 Å². The Kier molecular flexibility index (Phi) is 5.71. The molecule has 3 aromatic rings. The number of nitrogens with one attached hydrogen (secondary N) is 2. The molecule has 1 amide bonds. The second-order valence-electron chi connectivity index (χ2n) is 7.76. The number of H-pyrrole nitrogens is 1. The van der Waals surface area contributed by atoms with Crippen molar-refractivity contribution in [3.8, 4) is 0 Å². The van der Waals surface area contributed by atoms with E-state index >= 15 is 0 Å². The number of rotatable bonds is 5. The largest absolute Gasteiger partial charge is 0.417 e. The topological polar surface area (TPSA) is 75.1 Å². The van der Waals surface area contributed by atoms with Gasteiger partial charge in [-0.05, 0) is 67.0 Å². The molecule has 0 radical (unpaired) electrons. The zero-order valence-electron chi connectivity index (χ0n) is 16.6. The minimum atomic E-state index is -4.33. The van der Waals surface area contributed by atoms with E-state index in [0.717, 1.165) is 49.0 Å². The van der Waals surface area contributed by atoms with E-state index in [4.69, 9.17) is 4.42 Å². The number of alkyl halides is 3. The number of carbonyl (C=O) groups is 1. The van der Waals surface area contributed by atoms with Gasteiger partial charge in [-0.15, -0.1) is 0 Å². The summed E-state index contributed by atoms with van der Waals surface area (Å²) in [6, 6.07) is 10.2. The number of carbonyl (C=O) groups excluding carboxylic acids is 1. The molecular weight excluding hydrogens is 409 g/mol. The van der Waals surface area contributed by atoms with Gasteiger partial charge in [-0.3, -0.25) is 9.78 Å². The molecule has 1 aliphatic rings. The van der Waals surface area contributed by atoms with Gasteiger partial charge in [0, 0.05) is 18.2 Å². The number of aromatic amines is 1. The van der Waals surface area contributed by atoms with Crippen molar-refractivity contribution in [3.05, 3.63) is 70.2 Å². The van der Waals surface area contributed by atoms with Gasteiger partial charge in [0.25, 0.3) is 0 Å². The Labute approximate surface area is 176 Å². The molecule has 1 unspecified atom stereocenters. The highest BCUT2D eigenvalue weighted by atomic mass is 19.4. The molecule has 162 valence electrons. The van der Waals surface area contributed by atoms with Crippen LogP contribution in [0.4, 0.5) is 18.9 Å². The average molecular weight is 430 g/mol. The summed E-state index contributed by atoms with van der Waals surface area (Å²) in [5.74, 6) is -0.302. The number of amides is 1. The summed E-state index contributed by atoms with van der Waals surface area (Å²) in [6.45, 7) is 0.